The molecule has 0 amide bonds. The normalized spacial score (nSPS) is 11.9. The molecule has 0 aliphatic heterocycles. The smallest absolute Gasteiger partial charge is 0.308 e. The van der Waals surface area contributed by atoms with E-state index in [1.165, 1.54) is 6.92 Å². The SMILES string of the molecule is CC(=O)Oc1ccc(C(O)c2ccccc2)cc1. The predicted octanol–water partition coefficient (Wildman–Crippen LogP) is 2.69. The van der Waals surface area contributed by atoms with Crippen LogP contribution in [0.3, 0.4) is 0 Å². The Morgan fingerprint density at radius 3 is 2.11 bits per heavy atom. The second kappa shape index (κ2) is 5.47. The lowest BCUT2D eigenvalue weighted by atomic mass is 10.0. The van der Waals surface area contributed by atoms with Gasteiger partial charge in [-0.3, -0.25) is 4.79 Å². The summed E-state index contributed by atoms with van der Waals surface area (Å²) in [5, 5.41) is 10.2. The first-order chi connectivity index (χ1) is 8.66. The zero-order valence-electron chi connectivity index (χ0n) is 10.0. The van der Waals surface area contributed by atoms with Crippen LogP contribution in [-0.4, -0.2) is 11.1 Å². The second-order valence-corrected chi connectivity index (χ2v) is 3.98. The Morgan fingerprint density at radius 2 is 1.56 bits per heavy atom. The summed E-state index contributed by atoms with van der Waals surface area (Å²) in [7, 11) is 0. The van der Waals surface area contributed by atoms with Crippen LogP contribution in [0, 0.1) is 0 Å². The standard InChI is InChI=1S/C15H14O3/c1-11(16)18-14-9-7-13(8-10-14)15(17)12-5-3-2-4-6-12/h2-10,15,17H,1H3. The number of benzene rings is 2. The van der Waals surface area contributed by atoms with E-state index in [-0.39, 0.29) is 5.97 Å². The Kier molecular flexibility index (Phi) is 3.75. The molecule has 3 nitrogen and oxygen atoms in total. The fourth-order valence-electron chi connectivity index (χ4n) is 1.71. The van der Waals surface area contributed by atoms with E-state index in [1.54, 1.807) is 24.3 Å². The maximum atomic E-state index is 10.8. The van der Waals surface area contributed by atoms with Crippen molar-refractivity contribution in [3.05, 3.63) is 65.7 Å². The summed E-state index contributed by atoms with van der Waals surface area (Å²) in [5.74, 6) is 0.123. The molecule has 0 bridgehead atoms. The minimum Gasteiger partial charge on any atom is -0.427 e. The monoisotopic (exact) mass is 242 g/mol. The van der Waals surface area contributed by atoms with Crippen molar-refractivity contribution in [1.82, 2.24) is 0 Å². The highest BCUT2D eigenvalue weighted by atomic mass is 16.5. The van der Waals surface area contributed by atoms with Gasteiger partial charge in [0.1, 0.15) is 11.9 Å². The molecule has 92 valence electrons. The van der Waals surface area contributed by atoms with E-state index < -0.39 is 6.10 Å². The lowest BCUT2D eigenvalue weighted by Gasteiger charge is -2.11. The van der Waals surface area contributed by atoms with Crippen molar-refractivity contribution < 1.29 is 14.6 Å². The van der Waals surface area contributed by atoms with Crippen LogP contribution in [0.25, 0.3) is 0 Å². The zero-order valence-corrected chi connectivity index (χ0v) is 10.0. The molecule has 18 heavy (non-hydrogen) atoms. The van der Waals surface area contributed by atoms with Crippen molar-refractivity contribution in [3.8, 4) is 5.75 Å². The lowest BCUT2D eigenvalue weighted by molar-refractivity contribution is -0.131. The van der Waals surface area contributed by atoms with Gasteiger partial charge in [0.05, 0.1) is 0 Å². The molecular formula is C15H14O3. The fraction of sp³-hybridized carbons (Fsp3) is 0.133. The van der Waals surface area contributed by atoms with Crippen LogP contribution >= 0.6 is 0 Å². The van der Waals surface area contributed by atoms with Crippen LogP contribution in [0.2, 0.25) is 0 Å². The Morgan fingerprint density at radius 1 is 1.00 bits per heavy atom. The van der Waals surface area contributed by atoms with E-state index >= 15 is 0 Å². The molecule has 0 aliphatic rings. The molecule has 2 aromatic carbocycles. The second-order valence-electron chi connectivity index (χ2n) is 3.98. The first-order valence-electron chi connectivity index (χ1n) is 5.68. The van der Waals surface area contributed by atoms with E-state index in [9.17, 15) is 9.90 Å². The minimum atomic E-state index is -0.669. The average molecular weight is 242 g/mol. The summed E-state index contributed by atoms with van der Waals surface area (Å²) in [5.41, 5.74) is 1.59. The highest BCUT2D eigenvalue weighted by Crippen LogP contribution is 2.23. The number of hydrogen-bond donors (Lipinski definition) is 1. The summed E-state index contributed by atoms with van der Waals surface area (Å²) >= 11 is 0. The summed E-state index contributed by atoms with van der Waals surface area (Å²) in [6, 6.07) is 16.2. The topological polar surface area (TPSA) is 46.5 Å². The van der Waals surface area contributed by atoms with E-state index in [2.05, 4.69) is 0 Å². The third-order valence-corrected chi connectivity index (χ3v) is 2.57. The lowest BCUT2D eigenvalue weighted by Crippen LogP contribution is -2.02. The van der Waals surface area contributed by atoms with E-state index in [4.69, 9.17) is 4.74 Å². The first-order valence-corrected chi connectivity index (χ1v) is 5.68. The summed E-state index contributed by atoms with van der Waals surface area (Å²) in [6.07, 6.45) is -0.669. The van der Waals surface area contributed by atoms with Crippen molar-refractivity contribution in [1.29, 1.82) is 0 Å². The summed E-state index contributed by atoms with van der Waals surface area (Å²) in [4.78, 5) is 10.8. The van der Waals surface area contributed by atoms with Gasteiger partial charge in [-0.05, 0) is 23.3 Å². The molecule has 0 heterocycles. The van der Waals surface area contributed by atoms with Gasteiger partial charge in [-0.2, -0.15) is 0 Å². The molecule has 0 saturated heterocycles. The number of esters is 1. The van der Waals surface area contributed by atoms with Crippen molar-refractivity contribution in [3.63, 3.8) is 0 Å². The molecule has 2 aromatic rings. The van der Waals surface area contributed by atoms with Gasteiger partial charge in [0.15, 0.2) is 0 Å². The number of aliphatic hydroxyl groups is 1. The summed E-state index contributed by atoms with van der Waals surface area (Å²) in [6.45, 7) is 1.35. The van der Waals surface area contributed by atoms with Gasteiger partial charge in [-0.15, -0.1) is 0 Å². The molecule has 2 rings (SSSR count). The molecule has 0 radical (unpaired) electrons. The number of carbonyl (C=O) groups excluding carboxylic acids is 1. The van der Waals surface area contributed by atoms with Crippen LogP contribution in [0.5, 0.6) is 5.75 Å². The largest absolute Gasteiger partial charge is 0.427 e. The van der Waals surface area contributed by atoms with Crippen LogP contribution in [-0.2, 0) is 4.79 Å². The van der Waals surface area contributed by atoms with E-state index in [0.717, 1.165) is 11.1 Å². The van der Waals surface area contributed by atoms with Gasteiger partial charge in [0.2, 0.25) is 0 Å². The van der Waals surface area contributed by atoms with Crippen molar-refractivity contribution in [2.45, 2.75) is 13.0 Å². The van der Waals surface area contributed by atoms with E-state index in [1.807, 2.05) is 30.3 Å². The molecule has 1 unspecified atom stereocenters. The average Bonchev–Trinajstić information content (AvgIpc) is 2.39. The van der Waals surface area contributed by atoms with Crippen LogP contribution in [0.15, 0.2) is 54.6 Å². The molecule has 0 aliphatic carbocycles. The molecule has 3 heteroatoms. The zero-order chi connectivity index (χ0) is 13.0. The highest BCUT2D eigenvalue weighted by Gasteiger charge is 2.09. The van der Waals surface area contributed by atoms with Crippen LogP contribution < -0.4 is 4.74 Å². The molecule has 0 fully saturated rings. The molecule has 1 N–H and O–H groups in total. The highest BCUT2D eigenvalue weighted by molar-refractivity contribution is 5.69. The van der Waals surface area contributed by atoms with Gasteiger partial charge in [-0.1, -0.05) is 42.5 Å². The Balaban J connectivity index is 2.17. The molecule has 0 aromatic heterocycles. The van der Waals surface area contributed by atoms with Gasteiger partial charge in [0, 0.05) is 6.92 Å². The Bertz CT molecular complexity index is 517. The van der Waals surface area contributed by atoms with E-state index in [0.29, 0.717) is 5.75 Å². The number of ether oxygens (including phenoxy) is 1. The van der Waals surface area contributed by atoms with Crippen LogP contribution in [0.4, 0.5) is 0 Å². The van der Waals surface area contributed by atoms with Crippen molar-refractivity contribution in [2.75, 3.05) is 0 Å². The third kappa shape index (κ3) is 2.96. The van der Waals surface area contributed by atoms with Crippen molar-refractivity contribution >= 4 is 5.97 Å². The third-order valence-electron chi connectivity index (χ3n) is 2.57. The quantitative estimate of drug-likeness (QED) is 0.665. The maximum Gasteiger partial charge on any atom is 0.308 e. The van der Waals surface area contributed by atoms with Crippen LogP contribution in [0.1, 0.15) is 24.2 Å². The fourth-order valence-corrected chi connectivity index (χ4v) is 1.71. The predicted molar refractivity (Wildman–Crippen MR) is 68.3 cm³/mol. The Hall–Kier alpha value is -2.13. The Labute approximate surface area is 106 Å². The first kappa shape index (κ1) is 12.3. The van der Waals surface area contributed by atoms with Gasteiger partial charge in [-0.25, -0.2) is 0 Å². The molecular weight excluding hydrogens is 228 g/mol. The number of aliphatic hydroxyl groups excluding tert-OH is 1. The number of carbonyl (C=O) groups is 1. The van der Waals surface area contributed by atoms with Gasteiger partial charge >= 0.3 is 5.97 Å². The maximum absolute atomic E-state index is 10.8. The minimum absolute atomic E-state index is 0.355. The number of hydrogen-bond acceptors (Lipinski definition) is 3. The summed E-state index contributed by atoms with van der Waals surface area (Å²) < 4.78 is 4.93. The molecule has 0 saturated carbocycles. The molecule has 0 spiro atoms. The molecule has 1 atom stereocenters. The number of rotatable bonds is 3. The van der Waals surface area contributed by atoms with Gasteiger partial charge < -0.3 is 9.84 Å². The van der Waals surface area contributed by atoms with Crippen molar-refractivity contribution in [2.24, 2.45) is 0 Å². The van der Waals surface area contributed by atoms with Gasteiger partial charge in [0.25, 0.3) is 0 Å².